The maximum Gasteiger partial charge on any atom is 0.267 e. The first-order valence-corrected chi connectivity index (χ1v) is 6.64. The Morgan fingerprint density at radius 2 is 1.92 bits per heavy atom. The van der Waals surface area contributed by atoms with Crippen molar-refractivity contribution in [3.05, 3.63) is 0 Å². The van der Waals surface area contributed by atoms with Gasteiger partial charge in [-0.25, -0.2) is 4.21 Å². The van der Waals surface area contributed by atoms with Gasteiger partial charge in [0, 0.05) is 0 Å². The molecular weight excluding hydrogens is 216 g/mol. The maximum atomic E-state index is 10.7. The Kier molecular flexibility index (Phi) is 3.44. The Labute approximate surface area is 79.6 Å². The molecule has 0 aromatic carbocycles. The van der Waals surface area contributed by atoms with E-state index in [0.717, 1.165) is 0 Å². The van der Waals surface area contributed by atoms with Crippen molar-refractivity contribution in [1.29, 1.82) is 0 Å². The molecule has 0 bridgehead atoms. The third-order valence-corrected chi connectivity index (χ3v) is 4.55. The smallest absolute Gasteiger partial charge is 0.267 e. The fourth-order valence-electron chi connectivity index (χ4n) is 1.56. The van der Waals surface area contributed by atoms with Crippen molar-refractivity contribution < 1.29 is 21.7 Å². The van der Waals surface area contributed by atoms with Crippen molar-refractivity contribution in [2.75, 3.05) is 0 Å². The summed E-state index contributed by atoms with van der Waals surface area (Å²) in [6.45, 7) is 0. The molecule has 3 unspecified atom stereocenters. The average molecular weight is 228 g/mol. The molecule has 1 aliphatic rings. The van der Waals surface area contributed by atoms with E-state index in [1.165, 1.54) is 0 Å². The minimum Gasteiger partial charge on any atom is -0.306 e. The molecule has 0 spiro atoms. The van der Waals surface area contributed by atoms with Gasteiger partial charge in [-0.05, 0) is 19.3 Å². The molecule has 5 nitrogen and oxygen atoms in total. The van der Waals surface area contributed by atoms with Crippen LogP contribution in [0.3, 0.4) is 0 Å². The van der Waals surface area contributed by atoms with Crippen LogP contribution in [0.15, 0.2) is 0 Å². The number of rotatable bonds is 2. The lowest BCUT2D eigenvalue weighted by Gasteiger charge is -2.24. The summed E-state index contributed by atoms with van der Waals surface area (Å²) in [6, 6.07) is 0. The topological polar surface area (TPSA) is 91.7 Å². The van der Waals surface area contributed by atoms with E-state index in [4.69, 9.17) is 9.11 Å². The minimum absolute atomic E-state index is 0.0853. The van der Waals surface area contributed by atoms with Crippen LogP contribution in [-0.2, 0) is 21.2 Å². The summed E-state index contributed by atoms with van der Waals surface area (Å²) in [4.78, 5) is 0. The van der Waals surface area contributed by atoms with E-state index in [9.17, 15) is 12.6 Å². The van der Waals surface area contributed by atoms with E-state index in [2.05, 4.69) is 0 Å². The lowest BCUT2D eigenvalue weighted by Crippen LogP contribution is -2.32. The third-order valence-electron chi connectivity index (χ3n) is 2.28. The standard InChI is InChI=1S/C6H12O5S2/c7-12(8)5-2-1-3-6(4-5)13(9,10)11/h5-6H,1-4H2,(H,7,8)(H,9,10,11). The number of hydrogen-bond donors (Lipinski definition) is 2. The minimum atomic E-state index is -4.04. The highest BCUT2D eigenvalue weighted by molar-refractivity contribution is 7.86. The molecule has 1 fully saturated rings. The van der Waals surface area contributed by atoms with Crippen molar-refractivity contribution in [3.8, 4) is 0 Å². The third kappa shape index (κ3) is 3.01. The first kappa shape index (κ1) is 11.1. The highest BCUT2D eigenvalue weighted by Gasteiger charge is 2.32. The van der Waals surface area contributed by atoms with E-state index in [1.54, 1.807) is 0 Å². The van der Waals surface area contributed by atoms with E-state index in [1.807, 2.05) is 0 Å². The normalized spacial score (nSPS) is 32.8. The molecule has 1 saturated carbocycles. The van der Waals surface area contributed by atoms with Gasteiger partial charge in [0.15, 0.2) is 11.1 Å². The second kappa shape index (κ2) is 4.04. The Morgan fingerprint density at radius 1 is 1.31 bits per heavy atom. The van der Waals surface area contributed by atoms with Crippen molar-refractivity contribution in [2.24, 2.45) is 0 Å². The van der Waals surface area contributed by atoms with Crippen LogP contribution >= 0.6 is 0 Å². The fourth-order valence-corrected chi connectivity index (χ4v) is 3.38. The Morgan fingerprint density at radius 3 is 2.38 bits per heavy atom. The molecular formula is C6H12O5S2. The zero-order valence-corrected chi connectivity index (χ0v) is 8.55. The van der Waals surface area contributed by atoms with Crippen LogP contribution in [0.4, 0.5) is 0 Å². The van der Waals surface area contributed by atoms with E-state index < -0.39 is 31.7 Å². The van der Waals surface area contributed by atoms with Crippen LogP contribution in [0.5, 0.6) is 0 Å². The molecule has 0 aliphatic heterocycles. The lowest BCUT2D eigenvalue weighted by molar-refractivity contribution is 0.420. The van der Waals surface area contributed by atoms with Crippen LogP contribution in [0.2, 0.25) is 0 Å². The second-order valence-electron chi connectivity index (χ2n) is 3.20. The molecule has 0 heterocycles. The summed E-state index contributed by atoms with van der Waals surface area (Å²) >= 11 is -1.98. The van der Waals surface area contributed by atoms with E-state index in [-0.39, 0.29) is 6.42 Å². The molecule has 13 heavy (non-hydrogen) atoms. The lowest BCUT2D eigenvalue weighted by atomic mass is 10.00. The SMILES string of the molecule is O=S(O)C1CCCC(S(=O)(=O)O)C1. The fraction of sp³-hybridized carbons (Fsp3) is 1.00. The van der Waals surface area contributed by atoms with Crippen molar-refractivity contribution >= 4 is 21.2 Å². The Balaban J connectivity index is 2.67. The molecule has 7 heteroatoms. The van der Waals surface area contributed by atoms with Gasteiger partial charge >= 0.3 is 0 Å². The van der Waals surface area contributed by atoms with Gasteiger partial charge in [-0.1, -0.05) is 6.42 Å². The molecule has 1 rings (SSSR count). The quantitative estimate of drug-likeness (QED) is 0.527. The first-order valence-electron chi connectivity index (χ1n) is 3.97. The van der Waals surface area contributed by atoms with Crippen molar-refractivity contribution in [3.63, 3.8) is 0 Å². The molecule has 3 atom stereocenters. The molecule has 0 radical (unpaired) electrons. The predicted molar refractivity (Wildman–Crippen MR) is 48.4 cm³/mol. The maximum absolute atomic E-state index is 10.7. The molecule has 1 aliphatic carbocycles. The van der Waals surface area contributed by atoms with E-state index >= 15 is 0 Å². The Hall–Kier alpha value is 0.0200. The van der Waals surface area contributed by atoms with Crippen LogP contribution in [0.25, 0.3) is 0 Å². The van der Waals surface area contributed by atoms with Crippen LogP contribution < -0.4 is 0 Å². The molecule has 0 saturated heterocycles. The van der Waals surface area contributed by atoms with Crippen LogP contribution in [0.1, 0.15) is 25.7 Å². The summed E-state index contributed by atoms with van der Waals surface area (Å²) < 4.78 is 49.6. The summed E-state index contributed by atoms with van der Waals surface area (Å²) in [5, 5.41) is -1.37. The molecule has 0 aromatic heterocycles. The van der Waals surface area contributed by atoms with Gasteiger partial charge in [0.25, 0.3) is 10.1 Å². The van der Waals surface area contributed by atoms with Gasteiger partial charge in [-0.2, -0.15) is 8.42 Å². The predicted octanol–water partition coefficient (Wildman–Crippen LogP) is 0.407. The summed E-state index contributed by atoms with van der Waals surface area (Å²) in [7, 11) is -4.04. The summed E-state index contributed by atoms with van der Waals surface area (Å²) in [6.07, 6.45) is 1.59. The highest BCUT2D eigenvalue weighted by Crippen LogP contribution is 2.26. The van der Waals surface area contributed by atoms with Gasteiger partial charge in [0.1, 0.15) is 0 Å². The van der Waals surface area contributed by atoms with Crippen LogP contribution in [0, 0.1) is 0 Å². The van der Waals surface area contributed by atoms with Gasteiger partial charge in [0.2, 0.25) is 0 Å². The monoisotopic (exact) mass is 228 g/mol. The van der Waals surface area contributed by atoms with Gasteiger partial charge < -0.3 is 4.55 Å². The molecule has 78 valence electrons. The van der Waals surface area contributed by atoms with Crippen LogP contribution in [-0.4, -0.2) is 32.2 Å². The van der Waals surface area contributed by atoms with Gasteiger partial charge in [-0.15, -0.1) is 0 Å². The van der Waals surface area contributed by atoms with E-state index in [0.29, 0.717) is 19.3 Å². The summed E-state index contributed by atoms with van der Waals surface area (Å²) in [5.74, 6) is 0. The molecule has 2 N–H and O–H groups in total. The average Bonchev–Trinajstić information content (AvgIpc) is 2.03. The zero-order valence-electron chi connectivity index (χ0n) is 6.92. The molecule has 0 amide bonds. The number of hydrogen-bond acceptors (Lipinski definition) is 3. The van der Waals surface area contributed by atoms with Crippen molar-refractivity contribution in [1.82, 2.24) is 0 Å². The van der Waals surface area contributed by atoms with Crippen molar-refractivity contribution in [2.45, 2.75) is 36.2 Å². The second-order valence-corrected chi connectivity index (χ2v) is 6.12. The first-order chi connectivity index (χ1) is 5.91. The Bertz CT molecular complexity index is 296. The molecule has 0 aromatic rings. The largest absolute Gasteiger partial charge is 0.306 e. The van der Waals surface area contributed by atoms with Gasteiger partial charge in [0.05, 0.1) is 10.5 Å². The summed E-state index contributed by atoms with van der Waals surface area (Å²) in [5.41, 5.74) is 0. The highest BCUT2D eigenvalue weighted by atomic mass is 32.2. The zero-order chi connectivity index (χ0) is 10.1. The van der Waals surface area contributed by atoms with Gasteiger partial charge in [-0.3, -0.25) is 4.55 Å².